The Balaban J connectivity index is 1.66. The van der Waals surface area contributed by atoms with Crippen molar-refractivity contribution in [2.24, 2.45) is 0 Å². The molecule has 1 aromatic carbocycles. The van der Waals surface area contributed by atoms with Crippen molar-refractivity contribution in [1.29, 1.82) is 0 Å². The van der Waals surface area contributed by atoms with Gasteiger partial charge in [0, 0.05) is 17.3 Å². The molecule has 1 amide bonds. The zero-order valence-corrected chi connectivity index (χ0v) is 15.0. The lowest BCUT2D eigenvalue weighted by Crippen LogP contribution is -2.40. The Hall–Kier alpha value is -2.37. The number of nitrogens with one attached hydrogen (secondary N) is 2. The zero-order valence-electron chi connectivity index (χ0n) is 15.0. The highest BCUT2D eigenvalue weighted by atomic mass is 16.6. The first-order valence-corrected chi connectivity index (χ1v) is 8.80. The van der Waals surface area contributed by atoms with E-state index in [0.29, 0.717) is 11.3 Å². The topological polar surface area (TPSA) is 84.1 Å². The number of nitrogens with zero attached hydrogens (tertiary/aromatic N) is 1. The average Bonchev–Trinajstić information content (AvgIpc) is 2.55. The molecule has 0 atom stereocenters. The van der Waals surface area contributed by atoms with Gasteiger partial charge in [0.1, 0.15) is 5.60 Å². The third-order valence-electron chi connectivity index (χ3n) is 4.56. The Morgan fingerprint density at radius 2 is 1.80 bits per heavy atom. The number of aromatic nitrogens is 2. The van der Waals surface area contributed by atoms with Crippen LogP contribution < -0.4 is 10.9 Å². The fraction of sp³-hybridized carbons (Fsp3) is 0.526. The second-order valence-electron chi connectivity index (χ2n) is 7.68. The van der Waals surface area contributed by atoms with E-state index in [4.69, 9.17) is 4.74 Å². The van der Waals surface area contributed by atoms with Crippen LogP contribution in [0.25, 0.3) is 10.8 Å². The molecule has 6 heteroatoms. The maximum Gasteiger partial charge on any atom is 0.407 e. The van der Waals surface area contributed by atoms with Crippen molar-refractivity contribution in [3.8, 4) is 0 Å². The van der Waals surface area contributed by atoms with E-state index in [9.17, 15) is 9.59 Å². The van der Waals surface area contributed by atoms with Gasteiger partial charge in [-0.1, -0.05) is 18.2 Å². The summed E-state index contributed by atoms with van der Waals surface area (Å²) in [5.41, 5.74) is 0.311. The van der Waals surface area contributed by atoms with Crippen LogP contribution in [0.3, 0.4) is 0 Å². The predicted molar refractivity (Wildman–Crippen MR) is 96.7 cm³/mol. The van der Waals surface area contributed by atoms with Crippen molar-refractivity contribution in [1.82, 2.24) is 15.5 Å². The Morgan fingerprint density at radius 3 is 2.44 bits per heavy atom. The minimum absolute atomic E-state index is 0.125. The molecule has 1 fully saturated rings. The fourth-order valence-corrected chi connectivity index (χ4v) is 3.43. The highest BCUT2D eigenvalue weighted by molar-refractivity contribution is 5.83. The summed E-state index contributed by atoms with van der Waals surface area (Å²) in [5.74, 6) is 0.290. The van der Waals surface area contributed by atoms with E-state index >= 15 is 0 Å². The molecule has 3 rings (SSSR count). The van der Waals surface area contributed by atoms with E-state index in [0.717, 1.165) is 36.8 Å². The largest absolute Gasteiger partial charge is 0.444 e. The van der Waals surface area contributed by atoms with Crippen molar-refractivity contribution >= 4 is 16.9 Å². The van der Waals surface area contributed by atoms with Crippen molar-refractivity contribution < 1.29 is 9.53 Å². The predicted octanol–water partition coefficient (Wildman–Crippen LogP) is 3.47. The third-order valence-corrected chi connectivity index (χ3v) is 4.56. The van der Waals surface area contributed by atoms with Crippen molar-refractivity contribution in [2.75, 3.05) is 0 Å². The molecular formula is C19H25N3O3. The van der Waals surface area contributed by atoms with E-state index in [1.807, 2.05) is 45.0 Å². The van der Waals surface area contributed by atoms with Gasteiger partial charge < -0.3 is 10.1 Å². The van der Waals surface area contributed by atoms with Crippen LogP contribution in [0.4, 0.5) is 4.79 Å². The average molecular weight is 343 g/mol. The van der Waals surface area contributed by atoms with Gasteiger partial charge in [-0.05, 0) is 52.5 Å². The monoisotopic (exact) mass is 343 g/mol. The molecule has 0 aliphatic heterocycles. The smallest absolute Gasteiger partial charge is 0.407 e. The summed E-state index contributed by atoms with van der Waals surface area (Å²) in [4.78, 5) is 23.8. The lowest BCUT2D eigenvalue weighted by molar-refractivity contribution is 0.0491. The third kappa shape index (κ3) is 4.18. The Morgan fingerprint density at radius 1 is 1.16 bits per heavy atom. The van der Waals surface area contributed by atoms with Gasteiger partial charge in [0.15, 0.2) is 0 Å². The summed E-state index contributed by atoms with van der Waals surface area (Å²) in [6.45, 7) is 5.57. The number of aromatic amines is 1. The minimum Gasteiger partial charge on any atom is -0.444 e. The molecule has 2 aromatic rings. The van der Waals surface area contributed by atoms with Gasteiger partial charge in [-0.2, -0.15) is 5.10 Å². The second-order valence-corrected chi connectivity index (χ2v) is 7.68. The van der Waals surface area contributed by atoms with E-state index in [1.165, 1.54) is 0 Å². The van der Waals surface area contributed by atoms with E-state index < -0.39 is 5.60 Å². The van der Waals surface area contributed by atoms with Crippen LogP contribution in [0.5, 0.6) is 0 Å². The van der Waals surface area contributed by atoms with Gasteiger partial charge in [0.05, 0.1) is 11.1 Å². The molecule has 1 aliphatic carbocycles. The SMILES string of the molecule is CC(C)(C)OC(=O)N[C@H]1CC[C@H](c2n[nH]c(=O)c3ccccc32)CC1. The summed E-state index contributed by atoms with van der Waals surface area (Å²) in [5, 5.41) is 11.5. The summed E-state index contributed by atoms with van der Waals surface area (Å²) in [6, 6.07) is 7.71. The van der Waals surface area contributed by atoms with Crippen molar-refractivity contribution in [2.45, 2.75) is 64.0 Å². The standard InChI is InChI=1S/C19H25N3O3/c1-19(2,3)25-18(24)20-13-10-8-12(9-11-13)16-14-6-4-5-7-15(14)17(23)22-21-16/h4-7,12-13H,8-11H2,1-3H3,(H,20,24)(H,22,23)/t12-,13-. The number of carbonyl (C=O) groups excluding carboxylic acids is 1. The normalized spacial score (nSPS) is 21.1. The number of benzene rings is 1. The van der Waals surface area contributed by atoms with Gasteiger partial charge in [-0.25, -0.2) is 9.89 Å². The number of ether oxygens (including phenoxy) is 1. The van der Waals surface area contributed by atoms with Crippen LogP contribution in [-0.4, -0.2) is 27.9 Å². The molecule has 2 N–H and O–H groups in total. The number of amides is 1. The first-order chi connectivity index (χ1) is 11.8. The van der Waals surface area contributed by atoms with Gasteiger partial charge >= 0.3 is 6.09 Å². The number of carbonyl (C=O) groups is 1. The van der Waals surface area contributed by atoms with Crippen LogP contribution in [0.15, 0.2) is 29.1 Å². The first-order valence-electron chi connectivity index (χ1n) is 8.80. The second kappa shape index (κ2) is 6.86. The molecule has 0 radical (unpaired) electrons. The van der Waals surface area contributed by atoms with E-state index in [2.05, 4.69) is 15.5 Å². The molecule has 0 spiro atoms. The fourth-order valence-electron chi connectivity index (χ4n) is 3.43. The summed E-state index contributed by atoms with van der Waals surface area (Å²) in [6.07, 6.45) is 3.23. The maximum absolute atomic E-state index is 11.9. The molecule has 1 aliphatic rings. The molecule has 1 aromatic heterocycles. The number of hydrogen-bond acceptors (Lipinski definition) is 4. The Kier molecular flexibility index (Phi) is 4.79. The zero-order chi connectivity index (χ0) is 18.0. The van der Waals surface area contributed by atoms with Gasteiger partial charge in [0.25, 0.3) is 5.56 Å². The van der Waals surface area contributed by atoms with Gasteiger partial charge in [-0.15, -0.1) is 0 Å². The molecule has 0 bridgehead atoms. The summed E-state index contributed by atoms with van der Waals surface area (Å²) < 4.78 is 5.32. The number of hydrogen-bond donors (Lipinski definition) is 2. The molecule has 0 saturated heterocycles. The molecule has 0 unspecified atom stereocenters. The summed E-state index contributed by atoms with van der Waals surface area (Å²) >= 11 is 0. The highest BCUT2D eigenvalue weighted by Gasteiger charge is 2.27. The van der Waals surface area contributed by atoms with Crippen LogP contribution in [-0.2, 0) is 4.74 Å². The number of H-pyrrole nitrogens is 1. The van der Waals surface area contributed by atoms with Crippen LogP contribution >= 0.6 is 0 Å². The number of rotatable bonds is 2. The molecular weight excluding hydrogens is 318 g/mol. The summed E-state index contributed by atoms with van der Waals surface area (Å²) in [7, 11) is 0. The number of fused-ring (bicyclic) bond motifs is 1. The van der Waals surface area contributed by atoms with Crippen LogP contribution in [0.1, 0.15) is 58.1 Å². The van der Waals surface area contributed by atoms with Gasteiger partial charge in [0.2, 0.25) is 0 Å². The van der Waals surface area contributed by atoms with Gasteiger partial charge in [-0.3, -0.25) is 4.79 Å². The van der Waals surface area contributed by atoms with E-state index in [-0.39, 0.29) is 17.7 Å². The Bertz CT molecular complexity index is 815. The van der Waals surface area contributed by atoms with Crippen LogP contribution in [0.2, 0.25) is 0 Å². The quantitative estimate of drug-likeness (QED) is 0.874. The van der Waals surface area contributed by atoms with Crippen molar-refractivity contribution in [3.63, 3.8) is 0 Å². The first kappa shape index (κ1) is 17.5. The Labute approximate surface area is 147 Å². The van der Waals surface area contributed by atoms with Crippen LogP contribution in [0, 0.1) is 0 Å². The minimum atomic E-state index is -0.486. The molecule has 134 valence electrons. The molecule has 25 heavy (non-hydrogen) atoms. The van der Waals surface area contributed by atoms with E-state index in [1.54, 1.807) is 0 Å². The molecule has 1 saturated carbocycles. The lowest BCUT2D eigenvalue weighted by atomic mass is 9.83. The highest BCUT2D eigenvalue weighted by Crippen LogP contribution is 2.34. The lowest BCUT2D eigenvalue weighted by Gasteiger charge is -2.30. The number of alkyl carbamates (subject to hydrolysis) is 1. The van der Waals surface area contributed by atoms with Crippen molar-refractivity contribution in [3.05, 3.63) is 40.3 Å². The maximum atomic E-state index is 11.9. The molecule has 6 nitrogen and oxygen atoms in total. The molecule has 1 heterocycles.